The van der Waals surface area contributed by atoms with Crippen molar-refractivity contribution in [2.45, 2.75) is 51.5 Å². The lowest BCUT2D eigenvalue weighted by Crippen LogP contribution is -2.41. The number of rotatable bonds is 4. The van der Waals surface area contributed by atoms with Crippen molar-refractivity contribution < 1.29 is 32.2 Å². The first-order valence-corrected chi connectivity index (χ1v) is 9.97. The zero-order valence-electron chi connectivity index (χ0n) is 17.6. The van der Waals surface area contributed by atoms with Gasteiger partial charge in [0.05, 0.1) is 0 Å². The lowest BCUT2D eigenvalue weighted by Gasteiger charge is -2.33. The molecule has 0 saturated carbocycles. The molecule has 1 aliphatic rings. The Kier molecular flexibility index (Phi) is 6.62. The fourth-order valence-corrected chi connectivity index (χ4v) is 3.35. The summed E-state index contributed by atoms with van der Waals surface area (Å²) in [5.74, 6) is -0.258. The van der Waals surface area contributed by atoms with E-state index in [1.807, 2.05) is 26.8 Å². The monoisotopic (exact) mass is 438 g/mol. The van der Waals surface area contributed by atoms with Crippen LogP contribution in [0, 0.1) is 0 Å². The van der Waals surface area contributed by atoms with Gasteiger partial charge in [0.15, 0.2) is 11.5 Å². The zero-order chi connectivity index (χ0) is 22.6. The van der Waals surface area contributed by atoms with Gasteiger partial charge in [-0.15, -0.1) is 13.2 Å². The lowest BCUT2D eigenvalue weighted by molar-refractivity contribution is -0.275. The Balaban J connectivity index is 1.72. The van der Waals surface area contributed by atoms with Crippen LogP contribution >= 0.6 is 0 Å². The number of likely N-dealkylation sites (tertiary alicyclic amines) is 1. The van der Waals surface area contributed by atoms with E-state index in [0.29, 0.717) is 25.9 Å². The van der Waals surface area contributed by atoms with Gasteiger partial charge in [0.2, 0.25) is 5.88 Å². The molecule has 1 amide bonds. The second-order valence-electron chi connectivity index (χ2n) is 8.24. The highest BCUT2D eigenvalue weighted by atomic mass is 19.4. The zero-order valence-corrected chi connectivity index (χ0v) is 17.6. The summed E-state index contributed by atoms with van der Waals surface area (Å²) in [6.07, 6.45) is -2.36. The molecule has 9 heteroatoms. The molecule has 0 atom stereocenters. The lowest BCUT2D eigenvalue weighted by atomic mass is 9.90. The maximum Gasteiger partial charge on any atom is 0.573 e. The van der Waals surface area contributed by atoms with E-state index in [-0.39, 0.29) is 23.6 Å². The average Bonchev–Trinajstić information content (AvgIpc) is 2.68. The Morgan fingerprint density at radius 1 is 1.03 bits per heavy atom. The number of alkyl halides is 3. The summed E-state index contributed by atoms with van der Waals surface area (Å²) in [7, 11) is 0. The van der Waals surface area contributed by atoms with E-state index >= 15 is 0 Å². The molecule has 0 aliphatic carbocycles. The number of amides is 1. The van der Waals surface area contributed by atoms with Crippen LogP contribution in [0.15, 0.2) is 42.6 Å². The van der Waals surface area contributed by atoms with Gasteiger partial charge in [0.25, 0.3) is 0 Å². The van der Waals surface area contributed by atoms with Crippen molar-refractivity contribution in [2.75, 3.05) is 13.1 Å². The summed E-state index contributed by atoms with van der Waals surface area (Å²) in [6.45, 7) is 6.45. The van der Waals surface area contributed by atoms with E-state index in [2.05, 4.69) is 9.72 Å². The Hall–Kier alpha value is -2.97. The number of piperidine rings is 1. The van der Waals surface area contributed by atoms with E-state index < -0.39 is 17.7 Å². The van der Waals surface area contributed by atoms with Gasteiger partial charge in [-0.25, -0.2) is 9.78 Å². The van der Waals surface area contributed by atoms with Crippen LogP contribution in [0.4, 0.5) is 18.0 Å². The third-order valence-corrected chi connectivity index (χ3v) is 4.67. The van der Waals surface area contributed by atoms with Crippen molar-refractivity contribution in [2.24, 2.45) is 0 Å². The van der Waals surface area contributed by atoms with Gasteiger partial charge >= 0.3 is 12.5 Å². The molecule has 1 saturated heterocycles. The molecule has 1 aromatic heterocycles. The standard InChI is InChI=1S/C22H25F3N2O4/c1-21(2,3)31-20(28)27-13-10-15(11-14-27)16-7-6-12-26-19(16)29-17-8-4-5-9-18(17)30-22(23,24)25/h4-9,12,15H,10-11,13-14H2,1-3H3. The molecular weight excluding hydrogens is 413 g/mol. The number of halogens is 3. The largest absolute Gasteiger partial charge is 0.573 e. The molecule has 3 rings (SSSR count). The molecule has 0 spiro atoms. The first kappa shape index (κ1) is 22.7. The number of nitrogens with zero attached hydrogens (tertiary/aromatic N) is 2. The number of carbonyl (C=O) groups is 1. The van der Waals surface area contributed by atoms with Gasteiger partial charge < -0.3 is 19.1 Å². The second-order valence-corrected chi connectivity index (χ2v) is 8.24. The molecule has 168 valence electrons. The summed E-state index contributed by atoms with van der Waals surface area (Å²) in [5.41, 5.74) is 0.206. The number of aromatic nitrogens is 1. The SMILES string of the molecule is CC(C)(C)OC(=O)N1CCC(c2cccnc2Oc2ccccc2OC(F)(F)F)CC1. The summed E-state index contributed by atoms with van der Waals surface area (Å²) in [6, 6.07) is 9.15. The number of para-hydroxylation sites is 2. The van der Waals surface area contributed by atoms with Gasteiger partial charge in [-0.2, -0.15) is 0 Å². The summed E-state index contributed by atoms with van der Waals surface area (Å²) >= 11 is 0. The van der Waals surface area contributed by atoms with Crippen LogP contribution in [0.25, 0.3) is 0 Å². The molecule has 2 aromatic rings. The Labute approximate surface area is 178 Å². The number of ether oxygens (including phenoxy) is 3. The number of pyridine rings is 1. The van der Waals surface area contributed by atoms with E-state index in [4.69, 9.17) is 9.47 Å². The van der Waals surface area contributed by atoms with E-state index in [1.165, 1.54) is 24.4 Å². The van der Waals surface area contributed by atoms with Crippen molar-refractivity contribution >= 4 is 6.09 Å². The van der Waals surface area contributed by atoms with Crippen LogP contribution in [0.2, 0.25) is 0 Å². The topological polar surface area (TPSA) is 60.9 Å². The van der Waals surface area contributed by atoms with Crippen molar-refractivity contribution in [1.29, 1.82) is 0 Å². The van der Waals surface area contributed by atoms with E-state index in [0.717, 1.165) is 5.56 Å². The summed E-state index contributed by atoms with van der Waals surface area (Å²) in [4.78, 5) is 18.2. The van der Waals surface area contributed by atoms with Crippen molar-refractivity contribution in [3.8, 4) is 17.4 Å². The fraction of sp³-hybridized carbons (Fsp3) is 0.455. The van der Waals surface area contributed by atoms with Crippen molar-refractivity contribution in [3.05, 3.63) is 48.2 Å². The first-order chi connectivity index (χ1) is 14.5. The molecule has 2 heterocycles. The molecule has 0 unspecified atom stereocenters. The summed E-state index contributed by atoms with van der Waals surface area (Å²) < 4.78 is 53.3. The second kappa shape index (κ2) is 9.03. The molecule has 1 aliphatic heterocycles. The quantitative estimate of drug-likeness (QED) is 0.596. The smallest absolute Gasteiger partial charge is 0.444 e. The molecule has 0 radical (unpaired) electrons. The van der Waals surface area contributed by atoms with Gasteiger partial charge in [0.1, 0.15) is 5.60 Å². The molecule has 1 fully saturated rings. The Morgan fingerprint density at radius 3 is 2.29 bits per heavy atom. The van der Waals surface area contributed by atoms with Gasteiger partial charge in [-0.3, -0.25) is 0 Å². The molecule has 0 N–H and O–H groups in total. The highest BCUT2D eigenvalue weighted by molar-refractivity contribution is 5.68. The Bertz CT molecular complexity index is 904. The molecular formula is C22H25F3N2O4. The minimum atomic E-state index is -4.83. The van der Waals surface area contributed by atoms with Crippen LogP contribution in [0.1, 0.15) is 45.1 Å². The van der Waals surface area contributed by atoms with Crippen LogP contribution < -0.4 is 9.47 Å². The molecule has 1 aromatic carbocycles. The molecule has 31 heavy (non-hydrogen) atoms. The van der Waals surface area contributed by atoms with Gasteiger partial charge in [-0.05, 0) is 57.7 Å². The van der Waals surface area contributed by atoms with Gasteiger partial charge in [0, 0.05) is 24.8 Å². The first-order valence-electron chi connectivity index (χ1n) is 9.97. The highest BCUT2D eigenvalue weighted by Gasteiger charge is 2.33. The van der Waals surface area contributed by atoms with E-state index in [9.17, 15) is 18.0 Å². The van der Waals surface area contributed by atoms with Crippen molar-refractivity contribution in [3.63, 3.8) is 0 Å². The minimum absolute atomic E-state index is 0.0399. The maximum absolute atomic E-state index is 12.7. The fourth-order valence-electron chi connectivity index (χ4n) is 3.35. The van der Waals surface area contributed by atoms with Gasteiger partial charge in [-0.1, -0.05) is 18.2 Å². The van der Waals surface area contributed by atoms with Crippen LogP contribution in [-0.2, 0) is 4.74 Å². The minimum Gasteiger partial charge on any atom is -0.444 e. The molecule has 0 bridgehead atoms. The predicted octanol–water partition coefficient (Wildman–Crippen LogP) is 5.89. The normalized spacial score (nSPS) is 15.5. The van der Waals surface area contributed by atoms with Crippen molar-refractivity contribution in [1.82, 2.24) is 9.88 Å². The number of carbonyl (C=O) groups excluding carboxylic acids is 1. The predicted molar refractivity (Wildman–Crippen MR) is 107 cm³/mol. The number of hydrogen-bond acceptors (Lipinski definition) is 5. The van der Waals surface area contributed by atoms with Crippen LogP contribution in [0.5, 0.6) is 17.4 Å². The molecule has 6 nitrogen and oxygen atoms in total. The number of hydrogen-bond donors (Lipinski definition) is 0. The Morgan fingerprint density at radius 2 is 1.68 bits per heavy atom. The third-order valence-electron chi connectivity index (χ3n) is 4.67. The van der Waals surface area contributed by atoms with Crippen LogP contribution in [-0.4, -0.2) is 41.0 Å². The van der Waals surface area contributed by atoms with Crippen LogP contribution in [0.3, 0.4) is 0 Å². The summed E-state index contributed by atoms with van der Waals surface area (Å²) in [5, 5.41) is 0. The number of benzene rings is 1. The van der Waals surface area contributed by atoms with E-state index in [1.54, 1.807) is 17.0 Å². The third kappa shape index (κ3) is 6.50. The highest BCUT2D eigenvalue weighted by Crippen LogP contribution is 2.39. The average molecular weight is 438 g/mol. The maximum atomic E-state index is 12.7.